The van der Waals surface area contributed by atoms with Gasteiger partial charge in [-0.2, -0.15) is 0 Å². The van der Waals surface area contributed by atoms with Crippen molar-refractivity contribution in [3.63, 3.8) is 0 Å². The second-order valence-electron chi connectivity index (χ2n) is 4.36. The van der Waals surface area contributed by atoms with Gasteiger partial charge in [0.15, 0.2) is 5.75 Å². The van der Waals surface area contributed by atoms with Crippen LogP contribution in [-0.2, 0) is 0 Å². The molecule has 1 heterocycles. The van der Waals surface area contributed by atoms with Gasteiger partial charge in [-0.25, -0.2) is 0 Å². The molecule has 0 saturated carbocycles. The summed E-state index contributed by atoms with van der Waals surface area (Å²) >= 11 is 5.90. The van der Waals surface area contributed by atoms with Crippen LogP contribution in [0.25, 0.3) is 0 Å². The van der Waals surface area contributed by atoms with Gasteiger partial charge in [-0.05, 0) is 18.2 Å². The normalized spacial score (nSPS) is 10.2. The van der Waals surface area contributed by atoms with E-state index in [1.807, 2.05) is 0 Å². The SMILES string of the molecule is CN(C)C(=O)c1cc(Oc2cc(Cl)ccc2N)ccn1. The molecule has 1 amide bonds. The Hall–Kier alpha value is -2.27. The van der Waals surface area contributed by atoms with Crippen molar-refractivity contribution in [2.75, 3.05) is 19.8 Å². The van der Waals surface area contributed by atoms with Gasteiger partial charge in [-0.15, -0.1) is 0 Å². The van der Waals surface area contributed by atoms with Crippen molar-refractivity contribution in [3.05, 3.63) is 47.2 Å². The topological polar surface area (TPSA) is 68.5 Å². The van der Waals surface area contributed by atoms with Crippen molar-refractivity contribution < 1.29 is 9.53 Å². The number of nitrogen functional groups attached to an aromatic ring is 1. The third-order valence-corrected chi connectivity index (χ3v) is 2.80. The number of ether oxygens (including phenoxy) is 1. The number of pyridine rings is 1. The summed E-state index contributed by atoms with van der Waals surface area (Å²) in [5.74, 6) is 0.709. The second kappa shape index (κ2) is 5.79. The molecule has 1 aromatic carbocycles. The Morgan fingerprint density at radius 1 is 1.30 bits per heavy atom. The number of nitrogens with zero attached hydrogens (tertiary/aromatic N) is 2. The molecular formula is C14H14ClN3O2. The van der Waals surface area contributed by atoms with Crippen LogP contribution in [0.2, 0.25) is 5.02 Å². The van der Waals surface area contributed by atoms with Crippen molar-refractivity contribution in [2.45, 2.75) is 0 Å². The first kappa shape index (κ1) is 14.1. The summed E-state index contributed by atoms with van der Waals surface area (Å²) in [5, 5.41) is 0.521. The maximum absolute atomic E-state index is 11.8. The van der Waals surface area contributed by atoms with Gasteiger partial charge < -0.3 is 15.4 Å². The summed E-state index contributed by atoms with van der Waals surface area (Å²) < 4.78 is 5.64. The van der Waals surface area contributed by atoms with Crippen LogP contribution in [0.5, 0.6) is 11.5 Å². The highest BCUT2D eigenvalue weighted by Gasteiger charge is 2.11. The number of amides is 1. The maximum atomic E-state index is 11.8. The van der Waals surface area contributed by atoms with E-state index < -0.39 is 0 Å². The van der Waals surface area contributed by atoms with Crippen LogP contribution in [0.3, 0.4) is 0 Å². The fourth-order valence-corrected chi connectivity index (χ4v) is 1.71. The number of aromatic nitrogens is 1. The maximum Gasteiger partial charge on any atom is 0.272 e. The fraction of sp³-hybridized carbons (Fsp3) is 0.143. The molecule has 0 aliphatic rings. The first-order valence-electron chi connectivity index (χ1n) is 5.88. The number of nitrogens with two attached hydrogens (primary N) is 1. The molecule has 2 N–H and O–H groups in total. The van der Waals surface area contributed by atoms with Crippen LogP contribution < -0.4 is 10.5 Å². The monoisotopic (exact) mass is 291 g/mol. The number of anilines is 1. The Morgan fingerprint density at radius 3 is 2.75 bits per heavy atom. The van der Waals surface area contributed by atoms with Crippen LogP contribution in [0.1, 0.15) is 10.5 Å². The smallest absolute Gasteiger partial charge is 0.272 e. The van der Waals surface area contributed by atoms with E-state index in [1.54, 1.807) is 44.4 Å². The van der Waals surface area contributed by atoms with Gasteiger partial charge in [0.2, 0.25) is 0 Å². The quantitative estimate of drug-likeness (QED) is 0.883. The number of hydrogen-bond acceptors (Lipinski definition) is 4. The molecular weight excluding hydrogens is 278 g/mol. The zero-order chi connectivity index (χ0) is 14.7. The van der Waals surface area contributed by atoms with E-state index in [0.29, 0.717) is 27.9 Å². The average molecular weight is 292 g/mol. The van der Waals surface area contributed by atoms with Crippen molar-refractivity contribution in [3.8, 4) is 11.5 Å². The number of carbonyl (C=O) groups is 1. The summed E-state index contributed by atoms with van der Waals surface area (Å²) in [5.41, 5.74) is 6.57. The molecule has 0 unspecified atom stereocenters. The number of carbonyl (C=O) groups excluding carboxylic acids is 1. The zero-order valence-electron chi connectivity index (χ0n) is 11.1. The average Bonchev–Trinajstić information content (AvgIpc) is 2.42. The molecule has 2 aromatic rings. The lowest BCUT2D eigenvalue weighted by molar-refractivity contribution is 0.0821. The highest BCUT2D eigenvalue weighted by molar-refractivity contribution is 6.30. The standard InChI is InChI=1S/C14H14ClN3O2/c1-18(2)14(19)12-8-10(5-6-17-12)20-13-7-9(15)3-4-11(13)16/h3-8H,16H2,1-2H3. The van der Waals surface area contributed by atoms with Gasteiger partial charge in [0, 0.05) is 37.4 Å². The predicted molar refractivity (Wildman–Crippen MR) is 78.2 cm³/mol. The Bertz CT molecular complexity index is 644. The lowest BCUT2D eigenvalue weighted by atomic mass is 10.3. The fourth-order valence-electron chi connectivity index (χ4n) is 1.54. The summed E-state index contributed by atoms with van der Waals surface area (Å²) in [6.45, 7) is 0. The van der Waals surface area contributed by atoms with Crippen molar-refractivity contribution >= 4 is 23.2 Å². The molecule has 0 saturated heterocycles. The van der Waals surface area contributed by atoms with E-state index in [9.17, 15) is 4.79 Å². The van der Waals surface area contributed by atoms with Gasteiger partial charge in [0.1, 0.15) is 11.4 Å². The molecule has 1 aromatic heterocycles. The van der Waals surface area contributed by atoms with Gasteiger partial charge in [0.25, 0.3) is 5.91 Å². The molecule has 6 heteroatoms. The molecule has 20 heavy (non-hydrogen) atoms. The molecule has 0 bridgehead atoms. The minimum Gasteiger partial charge on any atom is -0.455 e. The van der Waals surface area contributed by atoms with Crippen LogP contribution in [0, 0.1) is 0 Å². The van der Waals surface area contributed by atoms with Crippen LogP contribution in [-0.4, -0.2) is 29.9 Å². The highest BCUT2D eigenvalue weighted by Crippen LogP contribution is 2.30. The zero-order valence-corrected chi connectivity index (χ0v) is 11.9. The van der Waals surface area contributed by atoms with Crippen LogP contribution in [0.4, 0.5) is 5.69 Å². The first-order chi connectivity index (χ1) is 9.47. The van der Waals surface area contributed by atoms with Crippen LogP contribution in [0.15, 0.2) is 36.5 Å². The predicted octanol–water partition coefficient (Wildman–Crippen LogP) is 2.81. The molecule has 0 radical (unpaired) electrons. The number of rotatable bonds is 3. The Morgan fingerprint density at radius 2 is 2.05 bits per heavy atom. The van der Waals surface area contributed by atoms with E-state index in [2.05, 4.69) is 4.98 Å². The molecule has 104 valence electrons. The Labute approximate surface area is 121 Å². The summed E-state index contributed by atoms with van der Waals surface area (Å²) in [7, 11) is 3.32. The molecule has 0 aliphatic heterocycles. The summed E-state index contributed by atoms with van der Waals surface area (Å²) in [6.07, 6.45) is 1.51. The minimum absolute atomic E-state index is 0.200. The largest absolute Gasteiger partial charge is 0.455 e. The minimum atomic E-state index is -0.200. The van der Waals surface area contributed by atoms with Gasteiger partial charge in [-0.3, -0.25) is 9.78 Å². The second-order valence-corrected chi connectivity index (χ2v) is 4.80. The van der Waals surface area contributed by atoms with E-state index >= 15 is 0 Å². The Balaban J connectivity index is 2.28. The molecule has 2 rings (SSSR count). The molecule has 0 aliphatic carbocycles. The lowest BCUT2D eigenvalue weighted by Gasteiger charge is -2.12. The molecule has 0 atom stereocenters. The first-order valence-corrected chi connectivity index (χ1v) is 6.26. The highest BCUT2D eigenvalue weighted by atomic mass is 35.5. The third-order valence-electron chi connectivity index (χ3n) is 2.56. The van der Waals surface area contributed by atoms with Crippen molar-refractivity contribution in [1.82, 2.24) is 9.88 Å². The van der Waals surface area contributed by atoms with Gasteiger partial charge in [0.05, 0.1) is 5.69 Å². The van der Waals surface area contributed by atoms with E-state index in [1.165, 1.54) is 11.1 Å². The number of hydrogen-bond donors (Lipinski definition) is 1. The van der Waals surface area contributed by atoms with Crippen molar-refractivity contribution in [2.24, 2.45) is 0 Å². The molecule has 0 spiro atoms. The molecule has 5 nitrogen and oxygen atoms in total. The summed E-state index contributed by atoms with van der Waals surface area (Å²) in [6, 6.07) is 8.16. The van der Waals surface area contributed by atoms with E-state index in [4.69, 9.17) is 22.1 Å². The van der Waals surface area contributed by atoms with E-state index in [-0.39, 0.29) is 5.91 Å². The van der Waals surface area contributed by atoms with Crippen molar-refractivity contribution in [1.29, 1.82) is 0 Å². The number of halogens is 1. The Kier molecular flexibility index (Phi) is 4.10. The van der Waals surface area contributed by atoms with E-state index in [0.717, 1.165) is 0 Å². The lowest BCUT2D eigenvalue weighted by Crippen LogP contribution is -2.22. The third kappa shape index (κ3) is 3.19. The number of benzene rings is 1. The molecule has 0 fully saturated rings. The van der Waals surface area contributed by atoms with Gasteiger partial charge >= 0.3 is 0 Å². The summed E-state index contributed by atoms with van der Waals surface area (Å²) in [4.78, 5) is 17.3. The van der Waals surface area contributed by atoms with Crippen LogP contribution >= 0.6 is 11.6 Å². The van der Waals surface area contributed by atoms with Gasteiger partial charge in [-0.1, -0.05) is 11.6 Å².